The summed E-state index contributed by atoms with van der Waals surface area (Å²) in [5.41, 5.74) is 4.39. The third kappa shape index (κ3) is 6.81. The molecule has 0 spiro atoms. The van der Waals surface area contributed by atoms with Gasteiger partial charge in [0.2, 0.25) is 11.9 Å². The lowest BCUT2D eigenvalue weighted by Gasteiger charge is -2.25. The first kappa shape index (κ1) is 29.2. The number of aliphatic carboxylic acids is 1. The molecule has 43 heavy (non-hydrogen) atoms. The van der Waals surface area contributed by atoms with Crippen LogP contribution < -0.4 is 15.0 Å². The molecule has 1 saturated heterocycles. The number of methoxy groups -OCH3 is 1. The Morgan fingerprint density at radius 3 is 2.42 bits per heavy atom. The van der Waals surface area contributed by atoms with E-state index in [-0.39, 0.29) is 0 Å². The molecule has 0 unspecified atom stereocenters. The van der Waals surface area contributed by atoms with Gasteiger partial charge in [0.1, 0.15) is 11.8 Å². The number of nitrogens with zero attached hydrogens (tertiary/aromatic N) is 8. The number of halogens is 3. The number of aromatic nitrogens is 7. The lowest BCUT2D eigenvalue weighted by atomic mass is 10.1. The Kier molecular flexibility index (Phi) is 8.38. The quantitative estimate of drug-likeness (QED) is 0.295. The Labute approximate surface area is 242 Å². The summed E-state index contributed by atoms with van der Waals surface area (Å²) in [5, 5.41) is 20.2. The second-order valence-corrected chi connectivity index (χ2v) is 9.24. The van der Waals surface area contributed by atoms with Gasteiger partial charge < -0.3 is 24.8 Å². The molecule has 6 rings (SSSR count). The molecule has 4 heterocycles. The van der Waals surface area contributed by atoms with Crippen LogP contribution in [0.3, 0.4) is 0 Å². The summed E-state index contributed by atoms with van der Waals surface area (Å²) in [4.78, 5) is 24.7. The average molecular weight is 598 g/mol. The minimum Gasteiger partial charge on any atom is -0.494 e. The number of carboxylic acid groups (broad SMARTS) is 1. The van der Waals surface area contributed by atoms with E-state index in [1.54, 1.807) is 29.0 Å². The zero-order valence-corrected chi connectivity index (χ0v) is 23.0. The summed E-state index contributed by atoms with van der Waals surface area (Å²) >= 11 is 0. The maximum Gasteiger partial charge on any atom is 0.490 e. The van der Waals surface area contributed by atoms with Crippen LogP contribution in [0.25, 0.3) is 27.7 Å². The van der Waals surface area contributed by atoms with Crippen molar-refractivity contribution in [1.82, 2.24) is 34.5 Å². The van der Waals surface area contributed by atoms with Crippen LogP contribution in [0.2, 0.25) is 0 Å². The Morgan fingerprint density at radius 2 is 1.79 bits per heavy atom. The van der Waals surface area contributed by atoms with E-state index in [1.165, 1.54) is 0 Å². The van der Waals surface area contributed by atoms with Crippen molar-refractivity contribution in [1.29, 1.82) is 0 Å². The van der Waals surface area contributed by atoms with Crippen molar-refractivity contribution in [2.75, 3.05) is 43.6 Å². The van der Waals surface area contributed by atoms with E-state index in [1.807, 2.05) is 55.8 Å². The predicted molar refractivity (Wildman–Crippen MR) is 150 cm³/mol. The van der Waals surface area contributed by atoms with Crippen molar-refractivity contribution in [3.05, 3.63) is 61.3 Å². The predicted octanol–water partition coefficient (Wildman–Crippen LogP) is 3.83. The smallest absolute Gasteiger partial charge is 0.490 e. The number of alkyl halides is 3. The topological polar surface area (TPSA) is 145 Å². The average Bonchev–Trinajstić information content (AvgIpc) is 3.67. The van der Waals surface area contributed by atoms with E-state index in [9.17, 15) is 13.2 Å². The molecule has 3 aromatic heterocycles. The van der Waals surface area contributed by atoms with Crippen LogP contribution in [0.4, 0.5) is 30.8 Å². The van der Waals surface area contributed by atoms with Gasteiger partial charge in [-0.15, -0.1) is 5.10 Å². The van der Waals surface area contributed by atoms with Crippen molar-refractivity contribution in [3.63, 3.8) is 0 Å². The van der Waals surface area contributed by atoms with E-state index in [0.717, 1.165) is 46.5 Å². The van der Waals surface area contributed by atoms with Crippen molar-refractivity contribution in [2.45, 2.75) is 6.18 Å². The number of fused-ring (bicyclic) bond motifs is 1. The molecule has 0 aliphatic carbocycles. The number of rotatable bonds is 6. The molecule has 1 aliphatic rings. The Morgan fingerprint density at radius 1 is 1.07 bits per heavy atom. The third-order valence-electron chi connectivity index (χ3n) is 6.33. The van der Waals surface area contributed by atoms with E-state index in [0.29, 0.717) is 30.9 Å². The molecule has 0 amide bonds. The zero-order chi connectivity index (χ0) is 30.6. The Balaban J connectivity index is 0.000000472. The molecule has 0 radical (unpaired) electrons. The maximum absolute atomic E-state index is 10.6. The Hall–Kier alpha value is -5.25. The van der Waals surface area contributed by atoms with Crippen molar-refractivity contribution >= 4 is 34.5 Å². The van der Waals surface area contributed by atoms with Gasteiger partial charge in [0, 0.05) is 54.7 Å². The number of carboxylic acids is 1. The van der Waals surface area contributed by atoms with Gasteiger partial charge in [-0.05, 0) is 30.3 Å². The normalized spacial score (nSPS) is 13.4. The first-order chi connectivity index (χ1) is 20.6. The lowest BCUT2D eigenvalue weighted by Crippen LogP contribution is -2.37. The fourth-order valence-electron chi connectivity index (χ4n) is 4.24. The highest BCUT2D eigenvalue weighted by atomic mass is 19.4. The number of hydrogen-bond donors (Lipinski definition) is 2. The highest BCUT2D eigenvalue weighted by Crippen LogP contribution is 2.36. The zero-order valence-electron chi connectivity index (χ0n) is 23.0. The van der Waals surface area contributed by atoms with E-state index in [2.05, 4.69) is 30.4 Å². The van der Waals surface area contributed by atoms with Gasteiger partial charge in [0.25, 0.3) is 0 Å². The van der Waals surface area contributed by atoms with Crippen molar-refractivity contribution in [3.8, 4) is 22.6 Å². The van der Waals surface area contributed by atoms with E-state index >= 15 is 0 Å². The molecule has 2 N–H and O–H groups in total. The molecule has 224 valence electrons. The maximum atomic E-state index is 10.6. The van der Waals surface area contributed by atoms with Gasteiger partial charge >= 0.3 is 12.1 Å². The van der Waals surface area contributed by atoms with Gasteiger partial charge in [-0.1, -0.05) is 6.07 Å². The van der Waals surface area contributed by atoms with Crippen LogP contribution in [-0.4, -0.2) is 85.2 Å². The number of aryl methyl sites for hydroxylation is 1. The van der Waals surface area contributed by atoms with Crippen molar-refractivity contribution < 1.29 is 32.5 Å². The van der Waals surface area contributed by atoms with Gasteiger partial charge in [-0.25, -0.2) is 19.4 Å². The van der Waals surface area contributed by atoms with Crippen molar-refractivity contribution in [2.24, 2.45) is 7.05 Å². The van der Waals surface area contributed by atoms with Gasteiger partial charge in [0.05, 0.1) is 32.2 Å². The molecule has 5 aromatic rings. The molecular formula is C27H26F3N9O4. The van der Waals surface area contributed by atoms with Gasteiger partial charge in [0.15, 0.2) is 5.75 Å². The monoisotopic (exact) mass is 597 g/mol. The summed E-state index contributed by atoms with van der Waals surface area (Å²) in [6.45, 7) is 2.99. The largest absolute Gasteiger partial charge is 0.494 e. The molecular weight excluding hydrogens is 571 g/mol. The van der Waals surface area contributed by atoms with E-state index < -0.39 is 12.1 Å². The second kappa shape index (κ2) is 12.3. The minimum atomic E-state index is -5.08. The molecule has 1 aliphatic heterocycles. The number of carbonyl (C=O) groups is 1. The first-order valence-corrected chi connectivity index (χ1v) is 12.9. The fraction of sp³-hybridized carbons (Fsp3) is 0.259. The number of morpholine rings is 1. The highest BCUT2D eigenvalue weighted by Gasteiger charge is 2.38. The number of nitrogens with one attached hydrogen (secondary N) is 1. The van der Waals surface area contributed by atoms with Crippen LogP contribution >= 0.6 is 0 Å². The number of hydrogen-bond acceptors (Lipinski definition) is 10. The summed E-state index contributed by atoms with van der Waals surface area (Å²) < 4.78 is 46.4. The Bertz CT molecular complexity index is 1720. The van der Waals surface area contributed by atoms with E-state index in [4.69, 9.17) is 24.4 Å². The molecule has 0 saturated carbocycles. The molecule has 13 nitrogen and oxygen atoms in total. The molecule has 1 fully saturated rings. The SMILES string of the molecule is COc1c(-c2cnn(C)c2)ccc2cnc(Nc3ccc(-n4cnc(N5CCOCC5)n4)cc3)nc12.O=C(O)C(F)(F)F. The molecule has 2 aromatic carbocycles. The second-order valence-electron chi connectivity index (χ2n) is 9.24. The number of ether oxygens (including phenoxy) is 2. The van der Waals surface area contributed by atoms with Crippen LogP contribution in [0.15, 0.2) is 61.3 Å². The van der Waals surface area contributed by atoms with Gasteiger partial charge in [-0.3, -0.25) is 4.68 Å². The molecule has 0 bridgehead atoms. The highest BCUT2D eigenvalue weighted by molar-refractivity contribution is 5.92. The van der Waals surface area contributed by atoms with Crippen LogP contribution in [-0.2, 0) is 16.6 Å². The standard InChI is InChI=1S/C25H25N9O2.C2HF3O2/c1-32-15-18(14-28-32)21-8-3-17-13-26-24(30-22(17)23(21)35-2)29-19-4-6-20(7-5-19)34-16-27-25(31-34)33-9-11-36-12-10-33;3-2(4,5)1(6)7/h3-8,13-16H,9-12H2,1-2H3,(H,26,29,30);(H,6,7). The number of anilines is 3. The summed E-state index contributed by atoms with van der Waals surface area (Å²) in [5.74, 6) is -0.882. The van der Waals surface area contributed by atoms with Gasteiger partial charge in [-0.2, -0.15) is 23.3 Å². The molecule has 16 heteroatoms. The van der Waals surface area contributed by atoms with Crippen LogP contribution in [0.5, 0.6) is 5.75 Å². The minimum absolute atomic E-state index is 0.479. The summed E-state index contributed by atoms with van der Waals surface area (Å²) in [7, 11) is 3.54. The fourth-order valence-corrected chi connectivity index (χ4v) is 4.24. The summed E-state index contributed by atoms with van der Waals surface area (Å²) in [6, 6.07) is 11.9. The van der Waals surface area contributed by atoms with Crippen LogP contribution in [0.1, 0.15) is 0 Å². The van der Waals surface area contributed by atoms with Crippen LogP contribution in [0, 0.1) is 0 Å². The molecule has 0 atom stereocenters. The summed E-state index contributed by atoms with van der Waals surface area (Å²) in [6.07, 6.45) is 2.19. The lowest BCUT2D eigenvalue weighted by molar-refractivity contribution is -0.192. The third-order valence-corrected chi connectivity index (χ3v) is 6.33. The number of benzene rings is 2. The first-order valence-electron chi connectivity index (χ1n) is 12.9.